The van der Waals surface area contributed by atoms with E-state index in [2.05, 4.69) is 43.7 Å². The number of hydrogen-bond acceptors (Lipinski definition) is 5. The number of nitrogens with zero attached hydrogens (tertiary/aromatic N) is 4. The molecule has 6 nitrogen and oxygen atoms in total. The van der Waals surface area contributed by atoms with E-state index >= 15 is 0 Å². The average molecular weight is 337 g/mol. The van der Waals surface area contributed by atoms with Gasteiger partial charge in [-0.15, -0.1) is 5.10 Å². The van der Waals surface area contributed by atoms with Crippen LogP contribution in [0.2, 0.25) is 0 Å². The number of aromatic nitrogens is 3. The molecule has 1 amide bonds. The molecule has 0 fully saturated rings. The highest BCUT2D eigenvalue weighted by Crippen LogP contribution is 2.28. The molecule has 0 bridgehead atoms. The van der Waals surface area contributed by atoms with Crippen molar-refractivity contribution in [2.45, 2.75) is 13.8 Å². The van der Waals surface area contributed by atoms with Gasteiger partial charge in [0.25, 0.3) is 5.91 Å². The van der Waals surface area contributed by atoms with Crippen LogP contribution in [0, 0.1) is 13.8 Å². The minimum absolute atomic E-state index is 0.205. The molecule has 0 saturated heterocycles. The maximum absolute atomic E-state index is 12.3. The largest absolute Gasteiger partial charge is 0.350 e. The Morgan fingerprint density at radius 3 is 2.88 bits per heavy atom. The molecule has 0 unspecified atom stereocenters. The molecule has 3 heterocycles. The van der Waals surface area contributed by atoms with Crippen LogP contribution < -0.4 is 5.43 Å². The minimum Gasteiger partial charge on any atom is -0.350 e. The maximum atomic E-state index is 12.3. The molecule has 0 spiro atoms. The van der Waals surface area contributed by atoms with Gasteiger partial charge in [0.05, 0.1) is 16.1 Å². The highest BCUT2D eigenvalue weighted by molar-refractivity contribution is 7.08. The zero-order valence-corrected chi connectivity index (χ0v) is 14.3. The molecule has 1 aromatic carbocycles. The van der Waals surface area contributed by atoms with Crippen molar-refractivity contribution in [2.24, 2.45) is 12.1 Å². The van der Waals surface area contributed by atoms with Crippen molar-refractivity contribution in [1.82, 2.24) is 19.6 Å². The van der Waals surface area contributed by atoms with E-state index in [1.807, 2.05) is 32.3 Å². The lowest BCUT2D eigenvalue weighted by molar-refractivity contribution is -0.116. The van der Waals surface area contributed by atoms with Gasteiger partial charge in [-0.05, 0) is 43.1 Å². The number of amides is 1. The van der Waals surface area contributed by atoms with E-state index in [4.69, 9.17) is 0 Å². The van der Waals surface area contributed by atoms with Gasteiger partial charge in [0, 0.05) is 29.7 Å². The topological polar surface area (TPSA) is 72.2 Å². The predicted octanol–water partition coefficient (Wildman–Crippen LogP) is 2.56. The summed E-state index contributed by atoms with van der Waals surface area (Å²) in [6, 6.07) is 6.19. The number of hydrazone groups is 1. The summed E-state index contributed by atoms with van der Waals surface area (Å²) in [5.74, 6) is -0.205. The zero-order chi connectivity index (χ0) is 16.8. The summed E-state index contributed by atoms with van der Waals surface area (Å²) in [6.07, 6.45) is 3.93. The monoisotopic (exact) mass is 337 g/mol. The van der Waals surface area contributed by atoms with Crippen molar-refractivity contribution in [3.05, 3.63) is 51.7 Å². The lowest BCUT2D eigenvalue weighted by Crippen LogP contribution is -2.13. The molecule has 1 N–H and O–H groups in total. The van der Waals surface area contributed by atoms with Crippen LogP contribution in [0.1, 0.15) is 21.7 Å². The molecule has 1 aliphatic rings. The van der Waals surface area contributed by atoms with Gasteiger partial charge in [-0.1, -0.05) is 16.6 Å². The van der Waals surface area contributed by atoms with Gasteiger partial charge in [-0.25, -0.2) is 5.43 Å². The third kappa shape index (κ3) is 2.16. The van der Waals surface area contributed by atoms with Crippen molar-refractivity contribution < 1.29 is 4.79 Å². The molecular weight excluding hydrogens is 322 g/mol. The van der Waals surface area contributed by atoms with Crippen molar-refractivity contribution >= 4 is 40.1 Å². The van der Waals surface area contributed by atoms with Crippen LogP contribution in [0.25, 0.3) is 17.0 Å². The Labute approximate surface area is 142 Å². The molecule has 24 heavy (non-hydrogen) atoms. The van der Waals surface area contributed by atoms with Crippen LogP contribution >= 0.6 is 11.5 Å². The Bertz CT molecular complexity index is 1040. The Morgan fingerprint density at radius 2 is 2.12 bits per heavy atom. The number of hydrogen-bond donors (Lipinski definition) is 1. The third-order valence-electron chi connectivity index (χ3n) is 4.19. The molecule has 0 radical (unpaired) electrons. The van der Waals surface area contributed by atoms with Crippen LogP contribution in [0.3, 0.4) is 0 Å². The van der Waals surface area contributed by atoms with Gasteiger partial charge in [0.1, 0.15) is 5.71 Å². The first-order chi connectivity index (χ1) is 11.6. The number of carbonyl (C=O) groups excluding carboxylic acids is 1. The third-order valence-corrected chi connectivity index (χ3v) is 5.02. The second-order valence-electron chi connectivity index (χ2n) is 5.81. The Balaban J connectivity index is 1.90. The average Bonchev–Trinajstić information content (AvgIpc) is 3.21. The second-order valence-corrected chi connectivity index (χ2v) is 6.57. The molecule has 0 atom stereocenters. The highest BCUT2D eigenvalue weighted by atomic mass is 32.1. The fraction of sp³-hybridized carbons (Fsp3) is 0.176. The van der Waals surface area contributed by atoms with Crippen LogP contribution in [-0.2, 0) is 11.8 Å². The summed E-state index contributed by atoms with van der Waals surface area (Å²) in [5.41, 5.74) is 7.78. The van der Waals surface area contributed by atoms with Gasteiger partial charge >= 0.3 is 0 Å². The van der Waals surface area contributed by atoms with Gasteiger partial charge < -0.3 is 4.57 Å². The summed E-state index contributed by atoms with van der Waals surface area (Å²) < 4.78 is 6.01. The lowest BCUT2D eigenvalue weighted by Gasteiger charge is -2.01. The van der Waals surface area contributed by atoms with Gasteiger partial charge in [0.15, 0.2) is 0 Å². The van der Waals surface area contributed by atoms with Gasteiger partial charge in [-0.3, -0.25) is 4.79 Å². The lowest BCUT2D eigenvalue weighted by atomic mass is 10.0. The van der Waals surface area contributed by atoms with E-state index in [0.29, 0.717) is 11.3 Å². The molecule has 0 aliphatic carbocycles. The summed E-state index contributed by atoms with van der Waals surface area (Å²) in [7, 11) is 2.00. The number of aryl methyl sites for hydroxylation is 3. The van der Waals surface area contributed by atoms with Gasteiger partial charge in [0.2, 0.25) is 0 Å². The quantitative estimate of drug-likeness (QED) is 0.731. The maximum Gasteiger partial charge on any atom is 0.273 e. The Hall–Kier alpha value is -2.80. The number of benzene rings is 1. The van der Waals surface area contributed by atoms with Crippen LogP contribution in [-0.4, -0.2) is 25.8 Å². The highest BCUT2D eigenvalue weighted by Gasteiger charge is 2.27. The number of fused-ring (bicyclic) bond motifs is 1. The van der Waals surface area contributed by atoms with Crippen molar-refractivity contribution in [3.63, 3.8) is 0 Å². The molecular formula is C17H15N5OS. The SMILES string of the molecule is Cc1nnsc1C1=NNC(=O)/C1=C\c1cn(C)c2cccc(C)c12. The van der Waals surface area contributed by atoms with E-state index in [-0.39, 0.29) is 5.91 Å². The van der Waals surface area contributed by atoms with Gasteiger partial charge in [-0.2, -0.15) is 5.10 Å². The standard InChI is InChI=1S/C17H15N5OS/c1-9-5-4-6-13-14(9)11(8-22(13)3)7-12-15(19-20-17(12)23)16-10(2)18-21-24-16/h4-8H,1-3H3,(H,20,23)/b12-7-. The first-order valence-electron chi connectivity index (χ1n) is 7.50. The minimum atomic E-state index is -0.205. The van der Waals surface area contributed by atoms with Crippen LogP contribution in [0.15, 0.2) is 35.1 Å². The van der Waals surface area contributed by atoms with E-state index in [0.717, 1.165) is 27.0 Å². The summed E-state index contributed by atoms with van der Waals surface area (Å²) >= 11 is 1.24. The van der Waals surface area contributed by atoms with E-state index in [9.17, 15) is 4.79 Å². The number of carbonyl (C=O) groups is 1. The van der Waals surface area contributed by atoms with Crippen molar-refractivity contribution in [2.75, 3.05) is 0 Å². The normalized spacial score (nSPS) is 16.0. The second kappa shape index (κ2) is 5.38. The number of nitrogens with one attached hydrogen (secondary N) is 1. The molecule has 3 aromatic rings. The zero-order valence-electron chi connectivity index (χ0n) is 13.5. The predicted molar refractivity (Wildman–Crippen MR) is 95.0 cm³/mol. The van der Waals surface area contributed by atoms with Crippen LogP contribution in [0.5, 0.6) is 0 Å². The molecule has 4 rings (SSSR count). The number of rotatable bonds is 2. The van der Waals surface area contributed by atoms with Crippen molar-refractivity contribution in [3.8, 4) is 0 Å². The summed E-state index contributed by atoms with van der Waals surface area (Å²) in [4.78, 5) is 13.1. The molecule has 1 aliphatic heterocycles. The first kappa shape index (κ1) is 14.8. The fourth-order valence-electron chi connectivity index (χ4n) is 3.02. The Morgan fingerprint density at radius 1 is 1.29 bits per heavy atom. The molecule has 0 saturated carbocycles. The van der Waals surface area contributed by atoms with E-state index in [1.54, 1.807) is 0 Å². The molecule has 7 heteroatoms. The fourth-order valence-corrected chi connectivity index (χ4v) is 3.68. The summed E-state index contributed by atoms with van der Waals surface area (Å²) in [5, 5.41) is 9.34. The van der Waals surface area contributed by atoms with E-state index in [1.165, 1.54) is 17.1 Å². The van der Waals surface area contributed by atoms with Crippen molar-refractivity contribution in [1.29, 1.82) is 0 Å². The molecule has 2 aromatic heterocycles. The van der Waals surface area contributed by atoms with Crippen LogP contribution in [0.4, 0.5) is 0 Å². The summed E-state index contributed by atoms with van der Waals surface area (Å²) in [6.45, 7) is 3.94. The molecule has 120 valence electrons. The first-order valence-corrected chi connectivity index (χ1v) is 8.27. The Kier molecular flexibility index (Phi) is 3.31. The smallest absolute Gasteiger partial charge is 0.273 e. The van der Waals surface area contributed by atoms with E-state index < -0.39 is 0 Å².